The Morgan fingerprint density at radius 3 is 1.61 bits per heavy atom. The summed E-state index contributed by atoms with van der Waals surface area (Å²) in [6.45, 7) is 16.0. The van der Waals surface area contributed by atoms with E-state index < -0.39 is 20.1 Å². The molecule has 0 aromatic heterocycles. The average Bonchev–Trinajstić information content (AvgIpc) is 2.51. The maximum absolute atomic E-state index is 10.2. The molecule has 4 unspecified atom stereocenters. The van der Waals surface area contributed by atoms with E-state index in [1.165, 1.54) is 0 Å². The van der Waals surface area contributed by atoms with Crippen molar-refractivity contribution in [3.63, 3.8) is 0 Å². The summed E-state index contributed by atoms with van der Waals surface area (Å²) in [5, 5.41) is 20.3. The van der Waals surface area contributed by atoms with E-state index in [9.17, 15) is 10.2 Å². The van der Waals surface area contributed by atoms with Crippen molar-refractivity contribution >= 4 is 7.92 Å². The maximum Gasteiger partial charge on any atom is 0.104 e. The largest absolute Gasteiger partial charge is 0.390 e. The average molecular weight is 351 g/mol. The molecule has 0 aliphatic carbocycles. The van der Waals surface area contributed by atoms with E-state index in [4.69, 9.17) is 9.47 Å². The zero-order valence-corrected chi connectivity index (χ0v) is 16.8. The molecule has 0 fully saturated rings. The SMILES string of the molecule is CCOC(C(C)O)P(CCCN(CC)CC)C(OCC)C(C)O. The fourth-order valence-corrected chi connectivity index (χ4v) is 5.88. The van der Waals surface area contributed by atoms with Gasteiger partial charge in [0.15, 0.2) is 0 Å². The van der Waals surface area contributed by atoms with Gasteiger partial charge in [-0.05, 0) is 67.8 Å². The number of hydrogen-bond donors (Lipinski definition) is 2. The highest BCUT2D eigenvalue weighted by molar-refractivity contribution is 7.58. The molecule has 23 heavy (non-hydrogen) atoms. The second-order valence-corrected chi connectivity index (χ2v) is 8.28. The minimum absolute atomic E-state index is 0.252. The number of nitrogens with zero attached hydrogens (tertiary/aromatic N) is 1. The Hall–Kier alpha value is 0.230. The van der Waals surface area contributed by atoms with Crippen molar-refractivity contribution in [1.29, 1.82) is 0 Å². The summed E-state index contributed by atoms with van der Waals surface area (Å²) < 4.78 is 11.7. The van der Waals surface area contributed by atoms with Crippen LogP contribution in [0.3, 0.4) is 0 Å². The Kier molecular flexibility index (Phi) is 13.6. The van der Waals surface area contributed by atoms with Crippen LogP contribution in [-0.2, 0) is 9.47 Å². The Morgan fingerprint density at radius 1 is 0.870 bits per heavy atom. The lowest BCUT2D eigenvalue weighted by molar-refractivity contribution is 0.00283. The van der Waals surface area contributed by atoms with E-state index in [1.807, 2.05) is 13.8 Å². The lowest BCUT2D eigenvalue weighted by Gasteiger charge is -2.37. The summed E-state index contributed by atoms with van der Waals surface area (Å²) >= 11 is 0. The van der Waals surface area contributed by atoms with Gasteiger partial charge in [-0.1, -0.05) is 13.8 Å². The van der Waals surface area contributed by atoms with Gasteiger partial charge in [0.1, 0.15) is 11.7 Å². The highest BCUT2D eigenvalue weighted by Gasteiger charge is 2.35. The van der Waals surface area contributed by atoms with Crippen LogP contribution in [-0.4, -0.2) is 78.0 Å². The van der Waals surface area contributed by atoms with Crippen LogP contribution in [0, 0.1) is 0 Å². The molecular weight excluding hydrogens is 313 g/mol. The minimum Gasteiger partial charge on any atom is -0.390 e. The molecule has 0 saturated carbocycles. The van der Waals surface area contributed by atoms with Gasteiger partial charge in [-0.2, -0.15) is 0 Å². The Bertz CT molecular complexity index is 257. The van der Waals surface area contributed by atoms with Crippen molar-refractivity contribution in [2.45, 2.75) is 71.9 Å². The highest BCUT2D eigenvalue weighted by Crippen LogP contribution is 2.50. The fourth-order valence-electron chi connectivity index (χ4n) is 2.78. The van der Waals surface area contributed by atoms with E-state index in [-0.39, 0.29) is 11.7 Å². The number of ether oxygens (including phenoxy) is 2. The Labute approximate surface area is 144 Å². The molecule has 0 saturated heterocycles. The van der Waals surface area contributed by atoms with Gasteiger partial charge < -0.3 is 24.6 Å². The van der Waals surface area contributed by atoms with Crippen molar-refractivity contribution < 1.29 is 19.7 Å². The van der Waals surface area contributed by atoms with Crippen molar-refractivity contribution in [1.82, 2.24) is 4.90 Å². The predicted molar refractivity (Wildman–Crippen MR) is 98.4 cm³/mol. The summed E-state index contributed by atoms with van der Waals surface area (Å²) in [7, 11) is -0.790. The van der Waals surface area contributed by atoms with Crippen LogP contribution in [0.4, 0.5) is 0 Å². The molecule has 6 heteroatoms. The molecule has 2 N–H and O–H groups in total. The fraction of sp³-hybridized carbons (Fsp3) is 1.00. The van der Waals surface area contributed by atoms with Crippen LogP contribution >= 0.6 is 7.92 Å². The molecule has 0 radical (unpaired) electrons. The van der Waals surface area contributed by atoms with Crippen LogP contribution in [0.2, 0.25) is 0 Å². The van der Waals surface area contributed by atoms with E-state index >= 15 is 0 Å². The van der Waals surface area contributed by atoms with Gasteiger partial charge in [-0.3, -0.25) is 0 Å². The van der Waals surface area contributed by atoms with Crippen molar-refractivity contribution in [2.75, 3.05) is 39.0 Å². The van der Waals surface area contributed by atoms with E-state index in [1.54, 1.807) is 13.8 Å². The van der Waals surface area contributed by atoms with Crippen LogP contribution in [0.25, 0.3) is 0 Å². The molecule has 0 bridgehead atoms. The summed E-state index contributed by atoms with van der Waals surface area (Å²) in [5.74, 6) is -0.504. The standard InChI is InChI=1S/C17H38NO4P/c1-7-18(8-2)12-11-13-23(16(14(5)19)21-9-3)17(15(6)20)22-10-4/h14-17,19-20H,7-13H2,1-6H3. The van der Waals surface area contributed by atoms with Crippen LogP contribution in [0.15, 0.2) is 0 Å². The third-order valence-electron chi connectivity index (χ3n) is 3.94. The molecule has 140 valence electrons. The Balaban J connectivity index is 5.02. The lowest BCUT2D eigenvalue weighted by atomic mass is 10.4. The van der Waals surface area contributed by atoms with Crippen LogP contribution < -0.4 is 0 Å². The van der Waals surface area contributed by atoms with E-state index in [0.29, 0.717) is 13.2 Å². The summed E-state index contributed by atoms with van der Waals surface area (Å²) in [5.41, 5.74) is 0. The first-order valence-corrected chi connectivity index (χ1v) is 10.7. The van der Waals surface area contributed by atoms with Crippen molar-refractivity contribution in [2.24, 2.45) is 0 Å². The molecule has 0 heterocycles. The minimum atomic E-state index is -0.790. The molecule has 4 atom stereocenters. The summed E-state index contributed by atoms with van der Waals surface area (Å²) in [4.78, 5) is 2.39. The molecule has 0 aromatic rings. The molecule has 0 aliphatic rings. The van der Waals surface area contributed by atoms with Gasteiger partial charge in [0.05, 0.1) is 12.2 Å². The molecule has 0 rings (SSSR count). The van der Waals surface area contributed by atoms with Crippen LogP contribution in [0.5, 0.6) is 0 Å². The number of aliphatic hydroxyl groups is 2. The van der Waals surface area contributed by atoms with Gasteiger partial charge in [0.25, 0.3) is 0 Å². The lowest BCUT2D eigenvalue weighted by Crippen LogP contribution is -2.36. The summed E-state index contributed by atoms with van der Waals surface area (Å²) in [6.07, 6.45) is 0.837. The van der Waals surface area contributed by atoms with Gasteiger partial charge in [0.2, 0.25) is 0 Å². The van der Waals surface area contributed by atoms with Gasteiger partial charge >= 0.3 is 0 Å². The monoisotopic (exact) mass is 351 g/mol. The van der Waals surface area contributed by atoms with Crippen molar-refractivity contribution in [3.8, 4) is 0 Å². The Morgan fingerprint density at radius 2 is 1.30 bits per heavy atom. The molecule has 0 aliphatic heterocycles. The van der Waals surface area contributed by atoms with Crippen molar-refractivity contribution in [3.05, 3.63) is 0 Å². The number of hydrogen-bond acceptors (Lipinski definition) is 5. The molecular formula is C17H38NO4P. The summed E-state index contributed by atoms with van der Waals surface area (Å²) in [6, 6.07) is 0. The van der Waals surface area contributed by atoms with Gasteiger partial charge in [0, 0.05) is 13.2 Å². The molecule has 0 aromatic carbocycles. The number of aliphatic hydroxyl groups excluding tert-OH is 2. The third-order valence-corrected chi connectivity index (χ3v) is 7.24. The number of rotatable bonds is 14. The third kappa shape index (κ3) is 8.76. The molecule has 0 spiro atoms. The van der Waals surface area contributed by atoms with E-state index in [2.05, 4.69) is 18.7 Å². The smallest absolute Gasteiger partial charge is 0.104 e. The zero-order valence-electron chi connectivity index (χ0n) is 15.9. The topological polar surface area (TPSA) is 62.2 Å². The quantitative estimate of drug-likeness (QED) is 0.471. The predicted octanol–water partition coefficient (Wildman–Crippen LogP) is 2.69. The first kappa shape index (κ1) is 23.2. The second kappa shape index (κ2) is 13.5. The first-order chi connectivity index (χ1) is 10.9. The highest BCUT2D eigenvalue weighted by atomic mass is 31.1. The van der Waals surface area contributed by atoms with E-state index in [0.717, 1.165) is 32.2 Å². The normalized spacial score (nSPS) is 18.7. The molecule has 0 amide bonds. The van der Waals surface area contributed by atoms with Gasteiger partial charge in [-0.15, -0.1) is 0 Å². The second-order valence-electron chi connectivity index (χ2n) is 5.79. The van der Waals surface area contributed by atoms with Gasteiger partial charge in [-0.25, -0.2) is 0 Å². The zero-order chi connectivity index (χ0) is 17.8. The van der Waals surface area contributed by atoms with Crippen LogP contribution in [0.1, 0.15) is 48.0 Å². The molecule has 5 nitrogen and oxygen atoms in total. The first-order valence-electron chi connectivity index (χ1n) is 9.00. The maximum atomic E-state index is 10.2.